The zero-order chi connectivity index (χ0) is 13.1. The minimum atomic E-state index is -1.60. The van der Waals surface area contributed by atoms with Gasteiger partial charge < -0.3 is 4.74 Å². The first-order chi connectivity index (χ1) is 7.78. The van der Waals surface area contributed by atoms with Gasteiger partial charge in [0.15, 0.2) is 0 Å². The number of halogens is 3. The van der Waals surface area contributed by atoms with Crippen LogP contribution in [0.3, 0.4) is 0 Å². The molecule has 0 aliphatic carbocycles. The number of rotatable bonds is 2. The Morgan fingerprint density at radius 1 is 1.35 bits per heavy atom. The minimum absolute atomic E-state index is 0.297. The summed E-state index contributed by atoms with van der Waals surface area (Å²) in [6, 6.07) is 5.63. The van der Waals surface area contributed by atoms with E-state index in [1.54, 1.807) is 6.07 Å². The first kappa shape index (κ1) is 14.4. The van der Waals surface area contributed by atoms with Crippen LogP contribution in [0.15, 0.2) is 18.2 Å². The van der Waals surface area contributed by atoms with Gasteiger partial charge in [0, 0.05) is 5.69 Å². The summed E-state index contributed by atoms with van der Waals surface area (Å²) in [6.07, 6.45) is -0.650. The highest BCUT2D eigenvalue weighted by Gasteiger charge is 2.22. The van der Waals surface area contributed by atoms with Crippen LogP contribution in [0.2, 0.25) is 0 Å². The van der Waals surface area contributed by atoms with Crippen molar-refractivity contribution >= 4 is 46.6 Å². The Labute approximate surface area is 115 Å². The predicted octanol–water partition coefficient (Wildman–Crippen LogP) is 4.22. The molecule has 1 amide bonds. The summed E-state index contributed by atoms with van der Waals surface area (Å²) in [7, 11) is 0. The van der Waals surface area contributed by atoms with E-state index in [1.807, 2.05) is 26.0 Å². The fraction of sp³-hybridized carbons (Fsp3) is 0.364. The maximum Gasteiger partial charge on any atom is 0.411 e. The number of nitrogens with one attached hydrogen (secondary N) is 1. The van der Waals surface area contributed by atoms with Gasteiger partial charge in [-0.15, -0.1) is 0 Å². The molecule has 0 saturated carbocycles. The third-order valence-corrected chi connectivity index (χ3v) is 2.31. The van der Waals surface area contributed by atoms with Crippen molar-refractivity contribution in [2.75, 3.05) is 11.9 Å². The topological polar surface area (TPSA) is 38.3 Å². The fourth-order valence-corrected chi connectivity index (χ4v) is 1.41. The van der Waals surface area contributed by atoms with Crippen molar-refractivity contribution in [1.82, 2.24) is 0 Å². The Kier molecular flexibility index (Phi) is 4.92. The summed E-state index contributed by atoms with van der Waals surface area (Å²) in [4.78, 5) is 11.4. The van der Waals surface area contributed by atoms with Gasteiger partial charge in [0.05, 0.1) is 0 Å². The molecule has 1 aromatic rings. The highest BCUT2D eigenvalue weighted by atomic mass is 35.6. The van der Waals surface area contributed by atoms with E-state index in [9.17, 15) is 4.79 Å². The number of carbonyl (C=O) groups is 1. The predicted molar refractivity (Wildman–Crippen MR) is 71.2 cm³/mol. The summed E-state index contributed by atoms with van der Waals surface area (Å²) in [5, 5.41) is 2.57. The molecule has 3 nitrogen and oxygen atoms in total. The molecule has 0 spiro atoms. The summed E-state index contributed by atoms with van der Waals surface area (Å²) >= 11 is 16.4. The van der Waals surface area contributed by atoms with Gasteiger partial charge in [-0.05, 0) is 25.5 Å². The van der Waals surface area contributed by atoms with Gasteiger partial charge in [0.2, 0.25) is 3.79 Å². The molecule has 0 fully saturated rings. The number of amides is 1. The van der Waals surface area contributed by atoms with E-state index >= 15 is 0 Å². The quantitative estimate of drug-likeness (QED) is 0.830. The van der Waals surface area contributed by atoms with Crippen molar-refractivity contribution in [2.45, 2.75) is 17.6 Å². The first-order valence-electron chi connectivity index (χ1n) is 4.86. The summed E-state index contributed by atoms with van der Waals surface area (Å²) < 4.78 is 3.15. The van der Waals surface area contributed by atoms with Crippen molar-refractivity contribution < 1.29 is 9.53 Å². The molecule has 0 unspecified atom stereocenters. The second-order valence-corrected chi connectivity index (χ2v) is 6.15. The third-order valence-electron chi connectivity index (χ3n) is 1.99. The molecule has 0 radical (unpaired) electrons. The number of hydrogen-bond acceptors (Lipinski definition) is 2. The molecule has 0 atom stereocenters. The third kappa shape index (κ3) is 5.48. The molecule has 0 aliphatic rings. The maximum atomic E-state index is 11.4. The van der Waals surface area contributed by atoms with E-state index in [4.69, 9.17) is 39.5 Å². The second-order valence-electron chi connectivity index (χ2n) is 3.63. The Hall–Kier alpha value is -0.640. The van der Waals surface area contributed by atoms with E-state index in [0.717, 1.165) is 11.1 Å². The maximum absolute atomic E-state index is 11.4. The number of anilines is 1. The monoisotopic (exact) mass is 295 g/mol. The number of benzene rings is 1. The summed E-state index contributed by atoms with van der Waals surface area (Å²) in [6.45, 7) is 3.56. The lowest BCUT2D eigenvalue weighted by molar-refractivity contribution is 0.164. The Balaban J connectivity index is 2.57. The molecule has 1 N–H and O–H groups in total. The zero-order valence-corrected chi connectivity index (χ0v) is 11.7. The number of hydrogen-bond donors (Lipinski definition) is 1. The molecule has 6 heteroatoms. The van der Waals surface area contributed by atoms with Crippen LogP contribution >= 0.6 is 34.8 Å². The van der Waals surface area contributed by atoms with Gasteiger partial charge in [-0.3, -0.25) is 5.32 Å². The molecule has 0 saturated heterocycles. The van der Waals surface area contributed by atoms with E-state index in [-0.39, 0.29) is 6.61 Å². The lowest BCUT2D eigenvalue weighted by Crippen LogP contribution is -2.21. The van der Waals surface area contributed by atoms with Crippen LogP contribution in [0.4, 0.5) is 10.5 Å². The number of aryl methyl sites for hydroxylation is 2. The van der Waals surface area contributed by atoms with Crippen LogP contribution in [0.1, 0.15) is 11.1 Å². The van der Waals surface area contributed by atoms with Gasteiger partial charge in [-0.2, -0.15) is 0 Å². The van der Waals surface area contributed by atoms with Gasteiger partial charge in [-0.1, -0.05) is 52.5 Å². The van der Waals surface area contributed by atoms with E-state index in [2.05, 4.69) is 5.32 Å². The van der Waals surface area contributed by atoms with Crippen LogP contribution in [-0.4, -0.2) is 16.5 Å². The normalized spacial score (nSPS) is 11.1. The number of ether oxygens (including phenoxy) is 1. The molecule has 94 valence electrons. The SMILES string of the molecule is Cc1ccc(NC(=O)OCC(Cl)(Cl)Cl)c(C)c1. The number of alkyl halides is 3. The van der Waals surface area contributed by atoms with Crippen LogP contribution in [0.5, 0.6) is 0 Å². The van der Waals surface area contributed by atoms with E-state index < -0.39 is 9.89 Å². The Morgan fingerprint density at radius 3 is 2.53 bits per heavy atom. The van der Waals surface area contributed by atoms with Crippen molar-refractivity contribution in [3.8, 4) is 0 Å². The first-order valence-corrected chi connectivity index (χ1v) is 5.99. The second kappa shape index (κ2) is 5.80. The summed E-state index contributed by atoms with van der Waals surface area (Å²) in [5.74, 6) is 0. The van der Waals surface area contributed by atoms with Crippen molar-refractivity contribution in [3.05, 3.63) is 29.3 Å². The van der Waals surface area contributed by atoms with Crippen LogP contribution < -0.4 is 5.32 Å². The molecule has 1 rings (SSSR count). The smallest absolute Gasteiger partial charge is 0.411 e. The molecule has 0 aromatic heterocycles. The standard InChI is InChI=1S/C11H12Cl3NO2/c1-7-3-4-9(8(2)5-7)15-10(16)17-6-11(12,13)14/h3-5H,6H2,1-2H3,(H,15,16). The fourth-order valence-electron chi connectivity index (χ4n) is 1.25. The zero-order valence-electron chi connectivity index (χ0n) is 9.39. The van der Waals surface area contributed by atoms with E-state index in [1.165, 1.54) is 0 Å². The molecule has 0 heterocycles. The number of carbonyl (C=O) groups excluding carboxylic acids is 1. The van der Waals surface area contributed by atoms with Gasteiger partial charge in [0.1, 0.15) is 6.61 Å². The molecular formula is C11H12Cl3NO2. The minimum Gasteiger partial charge on any atom is -0.445 e. The highest BCUT2D eigenvalue weighted by Crippen LogP contribution is 2.26. The molecule has 17 heavy (non-hydrogen) atoms. The summed E-state index contributed by atoms with van der Waals surface area (Å²) in [5.41, 5.74) is 2.73. The van der Waals surface area contributed by atoms with Crippen molar-refractivity contribution in [2.24, 2.45) is 0 Å². The van der Waals surface area contributed by atoms with Crippen LogP contribution in [0.25, 0.3) is 0 Å². The van der Waals surface area contributed by atoms with E-state index in [0.29, 0.717) is 5.69 Å². The van der Waals surface area contributed by atoms with Crippen molar-refractivity contribution in [3.63, 3.8) is 0 Å². The van der Waals surface area contributed by atoms with Crippen LogP contribution in [-0.2, 0) is 4.74 Å². The lowest BCUT2D eigenvalue weighted by Gasteiger charge is -2.13. The molecule has 0 bridgehead atoms. The molecular weight excluding hydrogens is 284 g/mol. The Bertz CT molecular complexity index is 416. The van der Waals surface area contributed by atoms with Gasteiger partial charge >= 0.3 is 6.09 Å². The van der Waals surface area contributed by atoms with Crippen molar-refractivity contribution in [1.29, 1.82) is 0 Å². The molecule has 0 aliphatic heterocycles. The molecule has 1 aromatic carbocycles. The lowest BCUT2D eigenvalue weighted by atomic mass is 10.1. The highest BCUT2D eigenvalue weighted by molar-refractivity contribution is 6.67. The van der Waals surface area contributed by atoms with Crippen LogP contribution in [0, 0.1) is 13.8 Å². The van der Waals surface area contributed by atoms with Gasteiger partial charge in [-0.25, -0.2) is 4.79 Å². The average molecular weight is 297 g/mol. The van der Waals surface area contributed by atoms with Gasteiger partial charge in [0.25, 0.3) is 0 Å². The largest absolute Gasteiger partial charge is 0.445 e. The average Bonchev–Trinajstić information content (AvgIpc) is 2.18. The Morgan fingerprint density at radius 2 is 2.00 bits per heavy atom.